The van der Waals surface area contributed by atoms with Crippen LogP contribution < -0.4 is 5.32 Å². The highest BCUT2D eigenvalue weighted by molar-refractivity contribution is 4.57. The first kappa shape index (κ1) is 7.98. The highest BCUT2D eigenvalue weighted by atomic mass is 16.7. The van der Waals surface area contributed by atoms with Crippen molar-refractivity contribution in [1.82, 2.24) is 5.32 Å². The third kappa shape index (κ3) is 2.64. The molecule has 3 heteroatoms. The fourth-order valence-electron chi connectivity index (χ4n) is 0.863. The topological polar surface area (TPSA) is 30.5 Å². The van der Waals surface area contributed by atoms with Gasteiger partial charge in [-0.1, -0.05) is 6.92 Å². The van der Waals surface area contributed by atoms with Gasteiger partial charge in [0, 0.05) is 19.7 Å². The fraction of sp³-hybridized carbons (Fsp3) is 0.857. The molecular weight excluding hydrogens is 130 g/mol. The molecule has 0 amide bonds. The minimum atomic E-state index is -0.0458. The van der Waals surface area contributed by atoms with Crippen molar-refractivity contribution in [2.75, 3.05) is 26.3 Å². The molecule has 0 aromatic carbocycles. The second kappa shape index (κ2) is 4.66. The Morgan fingerprint density at radius 3 is 3.20 bits per heavy atom. The standard InChI is InChI=1S/C7H14NO2/c1-2-4-9-7-6-8-3-5-10-7/h7-8H,1-6H2. The van der Waals surface area contributed by atoms with Gasteiger partial charge in [-0.25, -0.2) is 0 Å². The van der Waals surface area contributed by atoms with E-state index < -0.39 is 0 Å². The van der Waals surface area contributed by atoms with Crippen LogP contribution in [0.1, 0.15) is 6.42 Å². The van der Waals surface area contributed by atoms with Crippen LogP contribution in [0.2, 0.25) is 0 Å². The van der Waals surface area contributed by atoms with Crippen molar-refractivity contribution in [3.05, 3.63) is 6.92 Å². The van der Waals surface area contributed by atoms with Gasteiger partial charge in [0.1, 0.15) is 0 Å². The van der Waals surface area contributed by atoms with Gasteiger partial charge in [-0.2, -0.15) is 0 Å². The Balaban J connectivity index is 2.02. The van der Waals surface area contributed by atoms with Crippen molar-refractivity contribution in [1.29, 1.82) is 0 Å². The predicted molar refractivity (Wildman–Crippen MR) is 38.5 cm³/mol. The second-order valence-corrected chi connectivity index (χ2v) is 2.23. The van der Waals surface area contributed by atoms with E-state index in [0.29, 0.717) is 6.61 Å². The molecule has 1 aliphatic heterocycles. The molecule has 1 heterocycles. The second-order valence-electron chi connectivity index (χ2n) is 2.23. The highest BCUT2D eigenvalue weighted by Gasteiger charge is 2.11. The number of nitrogens with one attached hydrogen (secondary N) is 1. The number of hydrogen-bond acceptors (Lipinski definition) is 3. The maximum absolute atomic E-state index is 5.28. The average Bonchev–Trinajstić information content (AvgIpc) is 2.03. The molecule has 1 atom stereocenters. The van der Waals surface area contributed by atoms with Crippen molar-refractivity contribution in [2.24, 2.45) is 0 Å². The van der Waals surface area contributed by atoms with E-state index >= 15 is 0 Å². The lowest BCUT2D eigenvalue weighted by atomic mass is 10.5. The summed E-state index contributed by atoms with van der Waals surface area (Å²) in [5, 5.41) is 3.17. The van der Waals surface area contributed by atoms with Crippen LogP contribution in [-0.4, -0.2) is 32.6 Å². The maximum atomic E-state index is 5.28. The van der Waals surface area contributed by atoms with Crippen molar-refractivity contribution in [3.8, 4) is 0 Å². The SMILES string of the molecule is [CH2]CCOC1CNCCO1. The normalized spacial score (nSPS) is 26.7. The molecule has 10 heavy (non-hydrogen) atoms. The number of hydrogen-bond donors (Lipinski definition) is 1. The zero-order chi connectivity index (χ0) is 7.23. The van der Waals surface area contributed by atoms with Crippen molar-refractivity contribution < 1.29 is 9.47 Å². The van der Waals surface area contributed by atoms with Crippen LogP contribution in [0, 0.1) is 6.92 Å². The summed E-state index contributed by atoms with van der Waals surface area (Å²) in [6.45, 7) is 6.85. The molecule has 0 aromatic rings. The molecule has 3 nitrogen and oxygen atoms in total. The molecule has 0 bridgehead atoms. The molecule has 1 radical (unpaired) electrons. The Morgan fingerprint density at radius 2 is 2.60 bits per heavy atom. The van der Waals surface area contributed by atoms with E-state index in [0.717, 1.165) is 26.1 Å². The van der Waals surface area contributed by atoms with E-state index in [2.05, 4.69) is 12.2 Å². The molecule has 1 N–H and O–H groups in total. The summed E-state index contributed by atoms with van der Waals surface area (Å²) in [5.74, 6) is 0. The van der Waals surface area contributed by atoms with Gasteiger partial charge in [0.25, 0.3) is 0 Å². The lowest BCUT2D eigenvalue weighted by Gasteiger charge is -2.23. The Kier molecular flexibility index (Phi) is 3.72. The van der Waals surface area contributed by atoms with E-state index in [1.165, 1.54) is 0 Å². The molecule has 0 aliphatic carbocycles. The summed E-state index contributed by atoms with van der Waals surface area (Å²) >= 11 is 0. The van der Waals surface area contributed by atoms with Crippen LogP contribution in [0.25, 0.3) is 0 Å². The molecule has 1 saturated heterocycles. The summed E-state index contributed by atoms with van der Waals surface area (Å²) in [7, 11) is 0. The lowest BCUT2D eigenvalue weighted by Crippen LogP contribution is -2.40. The maximum Gasteiger partial charge on any atom is 0.169 e. The van der Waals surface area contributed by atoms with E-state index in [1.807, 2.05) is 0 Å². The zero-order valence-corrected chi connectivity index (χ0v) is 6.14. The number of ether oxygens (including phenoxy) is 2. The third-order valence-electron chi connectivity index (χ3n) is 1.34. The summed E-state index contributed by atoms with van der Waals surface area (Å²) in [5.41, 5.74) is 0. The van der Waals surface area contributed by atoms with Crippen LogP contribution in [0.5, 0.6) is 0 Å². The Morgan fingerprint density at radius 1 is 1.70 bits per heavy atom. The first-order chi connectivity index (χ1) is 4.93. The molecule has 0 saturated carbocycles. The highest BCUT2D eigenvalue weighted by Crippen LogP contribution is 1.97. The molecule has 1 aliphatic rings. The van der Waals surface area contributed by atoms with Gasteiger partial charge in [0.2, 0.25) is 0 Å². The molecule has 0 aromatic heterocycles. The fourth-order valence-corrected chi connectivity index (χ4v) is 0.863. The molecule has 0 spiro atoms. The summed E-state index contributed by atoms with van der Waals surface area (Å²) in [4.78, 5) is 0. The Labute approximate surface area is 61.7 Å². The molecule has 1 unspecified atom stereocenters. The van der Waals surface area contributed by atoms with Crippen LogP contribution in [-0.2, 0) is 9.47 Å². The quantitative estimate of drug-likeness (QED) is 0.612. The van der Waals surface area contributed by atoms with E-state index in [4.69, 9.17) is 9.47 Å². The van der Waals surface area contributed by atoms with Crippen molar-refractivity contribution in [3.63, 3.8) is 0 Å². The minimum absolute atomic E-state index is 0.0458. The predicted octanol–water partition coefficient (Wildman–Crippen LogP) is 0.173. The summed E-state index contributed by atoms with van der Waals surface area (Å²) in [6.07, 6.45) is 0.760. The monoisotopic (exact) mass is 144 g/mol. The van der Waals surface area contributed by atoms with Crippen molar-refractivity contribution in [2.45, 2.75) is 12.7 Å². The van der Waals surface area contributed by atoms with Gasteiger partial charge in [0.05, 0.1) is 6.61 Å². The van der Waals surface area contributed by atoms with Gasteiger partial charge in [-0.05, 0) is 6.42 Å². The van der Waals surface area contributed by atoms with Gasteiger partial charge in [0.15, 0.2) is 6.29 Å². The number of morpholine rings is 1. The summed E-state index contributed by atoms with van der Waals surface area (Å²) < 4.78 is 10.6. The molecule has 1 fully saturated rings. The van der Waals surface area contributed by atoms with Gasteiger partial charge < -0.3 is 14.8 Å². The van der Waals surface area contributed by atoms with Crippen molar-refractivity contribution >= 4 is 0 Å². The zero-order valence-electron chi connectivity index (χ0n) is 6.14. The first-order valence-electron chi connectivity index (χ1n) is 3.66. The molecular formula is C7H14NO2. The Hall–Kier alpha value is -0.120. The molecule has 59 valence electrons. The van der Waals surface area contributed by atoms with E-state index in [9.17, 15) is 0 Å². The third-order valence-corrected chi connectivity index (χ3v) is 1.34. The largest absolute Gasteiger partial charge is 0.351 e. The van der Waals surface area contributed by atoms with Crippen LogP contribution >= 0.6 is 0 Å². The minimum Gasteiger partial charge on any atom is -0.351 e. The van der Waals surface area contributed by atoms with E-state index in [-0.39, 0.29) is 6.29 Å². The van der Waals surface area contributed by atoms with Crippen LogP contribution in [0.15, 0.2) is 0 Å². The van der Waals surface area contributed by atoms with E-state index in [1.54, 1.807) is 0 Å². The Bertz CT molecular complexity index is 81.7. The van der Waals surface area contributed by atoms with Gasteiger partial charge in [-0.3, -0.25) is 0 Å². The van der Waals surface area contributed by atoms with Crippen LogP contribution in [0.3, 0.4) is 0 Å². The van der Waals surface area contributed by atoms with Gasteiger partial charge in [-0.15, -0.1) is 0 Å². The number of rotatable bonds is 3. The lowest BCUT2D eigenvalue weighted by molar-refractivity contribution is -0.152. The van der Waals surface area contributed by atoms with Crippen LogP contribution in [0.4, 0.5) is 0 Å². The molecule has 1 rings (SSSR count). The summed E-state index contributed by atoms with van der Waals surface area (Å²) in [6, 6.07) is 0. The smallest absolute Gasteiger partial charge is 0.169 e. The first-order valence-corrected chi connectivity index (χ1v) is 3.66. The van der Waals surface area contributed by atoms with Gasteiger partial charge >= 0.3 is 0 Å². The average molecular weight is 144 g/mol.